The highest BCUT2D eigenvalue weighted by Crippen LogP contribution is 2.39. The van der Waals surface area contributed by atoms with Gasteiger partial charge in [-0.15, -0.1) is 0 Å². The third-order valence-corrected chi connectivity index (χ3v) is 6.95. The Kier molecular flexibility index (Phi) is 7.20. The number of carbonyl (C=O) groups is 1. The lowest BCUT2D eigenvalue weighted by atomic mass is 9.97. The summed E-state index contributed by atoms with van der Waals surface area (Å²) < 4.78 is 41.1. The number of aryl methyl sites for hydroxylation is 1. The zero-order chi connectivity index (χ0) is 28.6. The monoisotopic (exact) mass is 548 g/mol. The van der Waals surface area contributed by atoms with Crippen LogP contribution in [-0.2, 0) is 0 Å². The number of nitrogens with zero attached hydrogens (tertiary/aromatic N) is 4. The predicted octanol–water partition coefficient (Wildman–Crippen LogP) is 4.23. The molecule has 40 heavy (non-hydrogen) atoms. The number of methoxy groups -OCH3 is 2. The predicted molar refractivity (Wildman–Crippen MR) is 142 cm³/mol. The first-order chi connectivity index (χ1) is 19.2. The van der Waals surface area contributed by atoms with Crippen LogP contribution in [0.25, 0.3) is 17.1 Å². The second-order valence-electron chi connectivity index (χ2n) is 9.34. The summed E-state index contributed by atoms with van der Waals surface area (Å²) >= 11 is 0. The molecule has 4 aromatic rings. The van der Waals surface area contributed by atoms with Crippen molar-refractivity contribution < 1.29 is 28.2 Å². The lowest BCUT2D eigenvalue weighted by molar-refractivity contribution is 0.0784. The summed E-state index contributed by atoms with van der Waals surface area (Å²) in [5.74, 6) is -2.93. The van der Waals surface area contributed by atoms with Crippen molar-refractivity contribution in [2.75, 3.05) is 27.3 Å². The molecule has 2 aromatic heterocycles. The minimum absolute atomic E-state index is 0.0278. The van der Waals surface area contributed by atoms with Crippen molar-refractivity contribution in [1.29, 1.82) is 0 Å². The number of pyridine rings is 1. The van der Waals surface area contributed by atoms with E-state index in [0.717, 1.165) is 12.1 Å². The van der Waals surface area contributed by atoms with Crippen LogP contribution in [0.2, 0.25) is 0 Å². The van der Waals surface area contributed by atoms with Gasteiger partial charge in [-0.25, -0.2) is 8.78 Å². The zero-order valence-corrected chi connectivity index (χ0v) is 22.0. The van der Waals surface area contributed by atoms with Gasteiger partial charge in [-0.3, -0.25) is 19.1 Å². The van der Waals surface area contributed by atoms with Gasteiger partial charge in [-0.2, -0.15) is 4.98 Å². The summed E-state index contributed by atoms with van der Waals surface area (Å²) in [5, 5.41) is 11.6. The van der Waals surface area contributed by atoms with E-state index in [-0.39, 0.29) is 48.1 Å². The number of halogens is 2. The molecule has 1 N–H and O–H groups in total. The number of rotatable bonds is 6. The summed E-state index contributed by atoms with van der Waals surface area (Å²) in [5.41, 5.74) is -0.366. The van der Waals surface area contributed by atoms with Crippen molar-refractivity contribution in [3.05, 3.63) is 93.5 Å². The molecule has 1 fully saturated rings. The molecule has 1 aliphatic heterocycles. The largest absolute Gasteiger partial charge is 0.494 e. The second-order valence-corrected chi connectivity index (χ2v) is 9.34. The molecular weight excluding hydrogens is 522 g/mol. The van der Waals surface area contributed by atoms with Gasteiger partial charge in [0.05, 0.1) is 14.2 Å². The van der Waals surface area contributed by atoms with E-state index >= 15 is 0 Å². The number of ether oxygens (including phenoxy) is 2. The van der Waals surface area contributed by atoms with Gasteiger partial charge in [0.15, 0.2) is 11.4 Å². The number of hydrogen-bond acceptors (Lipinski definition) is 7. The molecule has 1 saturated heterocycles. The van der Waals surface area contributed by atoms with E-state index in [9.17, 15) is 23.5 Å². The summed E-state index contributed by atoms with van der Waals surface area (Å²) in [6.07, 6.45) is 1.81. The maximum absolute atomic E-state index is 14.4. The number of aromatic hydroxyl groups is 1. The average molecular weight is 549 g/mol. The highest BCUT2D eigenvalue weighted by atomic mass is 19.1. The summed E-state index contributed by atoms with van der Waals surface area (Å²) in [6.45, 7) is 1.84. The van der Waals surface area contributed by atoms with E-state index in [4.69, 9.17) is 9.47 Å². The van der Waals surface area contributed by atoms with Gasteiger partial charge in [-0.1, -0.05) is 12.1 Å². The number of aromatic nitrogens is 3. The lowest BCUT2D eigenvalue weighted by Gasteiger charge is -2.22. The van der Waals surface area contributed by atoms with Gasteiger partial charge in [0.25, 0.3) is 11.5 Å². The van der Waals surface area contributed by atoms with Crippen molar-refractivity contribution in [3.63, 3.8) is 0 Å². The Labute approximate surface area is 228 Å². The lowest BCUT2D eigenvalue weighted by Crippen LogP contribution is -2.34. The Bertz CT molecular complexity index is 1630. The molecule has 0 radical (unpaired) electrons. The fraction of sp³-hybridized carbons (Fsp3) is 0.241. The molecule has 1 unspecified atom stereocenters. The van der Waals surface area contributed by atoms with E-state index in [1.54, 1.807) is 37.3 Å². The second kappa shape index (κ2) is 10.8. The Morgan fingerprint density at radius 2 is 1.70 bits per heavy atom. The molecule has 1 aliphatic rings. The van der Waals surface area contributed by atoms with Crippen LogP contribution < -0.4 is 15.0 Å². The average Bonchev–Trinajstić information content (AvgIpc) is 3.42. The fourth-order valence-electron chi connectivity index (χ4n) is 5.08. The molecule has 1 amide bonds. The normalized spacial score (nSPS) is 14.8. The first-order valence-electron chi connectivity index (χ1n) is 12.5. The summed E-state index contributed by atoms with van der Waals surface area (Å²) in [7, 11) is 2.86. The Balaban J connectivity index is 1.67. The van der Waals surface area contributed by atoms with Crippen LogP contribution in [0.3, 0.4) is 0 Å². The highest BCUT2D eigenvalue weighted by molar-refractivity contribution is 5.97. The van der Waals surface area contributed by atoms with Crippen LogP contribution in [0.1, 0.15) is 34.0 Å². The summed E-state index contributed by atoms with van der Waals surface area (Å²) in [6, 6.07) is 11.8. The van der Waals surface area contributed by atoms with Crippen LogP contribution in [0.5, 0.6) is 17.4 Å². The van der Waals surface area contributed by atoms with Crippen molar-refractivity contribution in [2.45, 2.75) is 19.3 Å². The number of carbonyl (C=O) groups excluding carboxylic acids is 1. The number of benzene rings is 2. The van der Waals surface area contributed by atoms with Crippen LogP contribution in [-0.4, -0.2) is 57.8 Å². The van der Waals surface area contributed by atoms with Gasteiger partial charge >= 0.3 is 0 Å². The molecule has 1 atom stereocenters. The molecule has 0 saturated carbocycles. The maximum Gasteiger partial charge on any atom is 0.290 e. The van der Waals surface area contributed by atoms with Crippen LogP contribution in [0, 0.1) is 18.6 Å². The number of hydrogen-bond donors (Lipinski definition) is 1. The Morgan fingerprint density at radius 3 is 2.33 bits per heavy atom. The maximum atomic E-state index is 14.4. The van der Waals surface area contributed by atoms with E-state index in [1.165, 1.54) is 35.9 Å². The van der Waals surface area contributed by atoms with Crippen LogP contribution >= 0.6 is 0 Å². The Hall–Kier alpha value is -4.80. The first-order valence-corrected chi connectivity index (χ1v) is 12.5. The molecule has 206 valence electrons. The standard InChI is InChI=1S/C29H26F2N4O5/c1-16-14-17(10-12-32-16)26-33-27(36)24(29(38)35(26)25-21(39-2)8-5-9-22(25)40-3)28(37)34-13-11-18(15-34)23-19(30)6-4-7-20(23)31/h4-10,12,14,18,38H,11,13,15H2,1-3H3. The molecule has 0 aliphatic carbocycles. The van der Waals surface area contributed by atoms with Crippen molar-refractivity contribution >= 4 is 5.91 Å². The van der Waals surface area contributed by atoms with E-state index in [0.29, 0.717) is 11.3 Å². The third kappa shape index (κ3) is 4.63. The summed E-state index contributed by atoms with van der Waals surface area (Å²) in [4.78, 5) is 36.7. The van der Waals surface area contributed by atoms with Crippen molar-refractivity contribution in [1.82, 2.24) is 19.4 Å². The minimum Gasteiger partial charge on any atom is -0.494 e. The number of para-hydroxylation sites is 1. The molecule has 5 rings (SSSR count). The quantitative estimate of drug-likeness (QED) is 0.384. The van der Waals surface area contributed by atoms with E-state index in [1.807, 2.05) is 0 Å². The number of amides is 1. The first kappa shape index (κ1) is 26.8. The Morgan fingerprint density at radius 1 is 1.05 bits per heavy atom. The molecule has 9 nitrogen and oxygen atoms in total. The van der Waals surface area contributed by atoms with Crippen molar-refractivity contribution in [2.24, 2.45) is 0 Å². The van der Waals surface area contributed by atoms with Gasteiger partial charge in [0.1, 0.15) is 28.8 Å². The van der Waals surface area contributed by atoms with E-state index in [2.05, 4.69) is 9.97 Å². The van der Waals surface area contributed by atoms with Gasteiger partial charge in [-0.05, 0) is 49.7 Å². The smallest absolute Gasteiger partial charge is 0.290 e. The molecule has 2 aromatic carbocycles. The molecule has 0 bridgehead atoms. The van der Waals surface area contributed by atoms with Crippen LogP contribution in [0.15, 0.2) is 59.5 Å². The van der Waals surface area contributed by atoms with Gasteiger partial charge < -0.3 is 19.5 Å². The molecular formula is C29H26F2N4O5. The van der Waals surface area contributed by atoms with Gasteiger partial charge in [0, 0.05) is 42.0 Å². The molecule has 3 heterocycles. The van der Waals surface area contributed by atoms with Crippen LogP contribution in [0.4, 0.5) is 8.78 Å². The topological polar surface area (TPSA) is 107 Å². The molecule has 0 spiro atoms. The fourth-order valence-corrected chi connectivity index (χ4v) is 5.08. The van der Waals surface area contributed by atoms with E-state index < -0.39 is 40.5 Å². The van der Waals surface area contributed by atoms with Gasteiger partial charge in [0.2, 0.25) is 5.88 Å². The minimum atomic E-state index is -0.961. The SMILES string of the molecule is COc1cccc(OC)c1-n1c(-c2ccnc(C)c2)nc(=O)c(C(=O)N2CCC(c3c(F)cccc3F)C2)c1O. The third-order valence-electron chi connectivity index (χ3n) is 6.95. The van der Waals surface area contributed by atoms with Crippen molar-refractivity contribution in [3.8, 4) is 34.5 Å². The number of likely N-dealkylation sites (tertiary alicyclic amines) is 1. The highest BCUT2D eigenvalue weighted by Gasteiger charge is 2.35. The zero-order valence-electron chi connectivity index (χ0n) is 22.0. The molecule has 11 heteroatoms.